The lowest BCUT2D eigenvalue weighted by atomic mass is 10.2. The average molecular weight is 301 g/mol. The highest BCUT2D eigenvalue weighted by atomic mass is 32.2. The number of carbonyl (C=O) groups excluding carboxylic acids is 4. The van der Waals surface area contributed by atoms with Crippen LogP contribution in [0.2, 0.25) is 0 Å². The fourth-order valence-corrected chi connectivity index (χ4v) is 2.37. The predicted molar refractivity (Wildman–Crippen MR) is 75.1 cm³/mol. The Morgan fingerprint density at radius 1 is 1.15 bits per heavy atom. The van der Waals surface area contributed by atoms with Crippen molar-refractivity contribution in [1.29, 1.82) is 0 Å². The molecular formula is C12H19N3O4S. The number of carbonyl (C=O) groups is 4. The van der Waals surface area contributed by atoms with Crippen molar-refractivity contribution >= 4 is 34.7 Å². The van der Waals surface area contributed by atoms with E-state index in [1.54, 1.807) is 0 Å². The molecule has 1 rings (SSSR count). The Hall–Kier alpha value is -1.57. The van der Waals surface area contributed by atoms with Gasteiger partial charge < -0.3 is 10.6 Å². The van der Waals surface area contributed by atoms with Gasteiger partial charge in [-0.1, -0.05) is 31.5 Å². The average Bonchev–Trinajstić information content (AvgIpc) is 2.74. The highest BCUT2D eigenvalue weighted by Gasteiger charge is 2.29. The number of hydrogen-bond donors (Lipinski definition) is 2. The molecule has 1 aliphatic rings. The molecule has 1 saturated heterocycles. The summed E-state index contributed by atoms with van der Waals surface area (Å²) in [5, 5.41) is 4.58. The minimum Gasteiger partial charge on any atom is -0.348 e. The molecular weight excluding hydrogens is 282 g/mol. The molecule has 8 heteroatoms. The molecule has 0 aromatic carbocycles. The van der Waals surface area contributed by atoms with Crippen molar-refractivity contribution in [2.45, 2.75) is 26.2 Å². The topological polar surface area (TPSA) is 95.6 Å². The van der Waals surface area contributed by atoms with Gasteiger partial charge in [0.05, 0.1) is 5.75 Å². The third-order valence-corrected chi connectivity index (χ3v) is 3.59. The maximum absolute atomic E-state index is 11.4. The van der Waals surface area contributed by atoms with E-state index in [1.807, 2.05) is 6.92 Å². The summed E-state index contributed by atoms with van der Waals surface area (Å²) < 4.78 is 0. The fourth-order valence-electron chi connectivity index (χ4n) is 1.62. The van der Waals surface area contributed by atoms with Crippen molar-refractivity contribution < 1.29 is 19.2 Å². The second-order valence-corrected chi connectivity index (χ2v) is 5.25. The molecule has 0 saturated carbocycles. The fraction of sp³-hybridized carbons (Fsp3) is 0.667. The standard InChI is InChI=1S/C12H19N3O4S/c1-2-3-4-5-13-10(17)11(18)14-6-7-15-9(16)8-20-12(15)19/h2-8H2,1H3,(H,13,17)(H,14,18). The number of unbranched alkanes of at least 4 members (excludes halogenated alkanes) is 2. The van der Waals surface area contributed by atoms with E-state index in [0.29, 0.717) is 6.54 Å². The lowest BCUT2D eigenvalue weighted by molar-refractivity contribution is -0.139. The van der Waals surface area contributed by atoms with Gasteiger partial charge in [0, 0.05) is 19.6 Å². The Bertz CT molecular complexity index is 384. The molecule has 0 bridgehead atoms. The first-order valence-corrected chi connectivity index (χ1v) is 7.58. The van der Waals surface area contributed by atoms with Gasteiger partial charge in [-0.05, 0) is 6.42 Å². The minimum atomic E-state index is -0.742. The molecule has 0 atom stereocenters. The molecule has 112 valence electrons. The van der Waals surface area contributed by atoms with Gasteiger partial charge in [0.25, 0.3) is 5.24 Å². The molecule has 1 heterocycles. The highest BCUT2D eigenvalue weighted by molar-refractivity contribution is 8.14. The normalized spacial score (nSPS) is 14.6. The lowest BCUT2D eigenvalue weighted by Gasteiger charge is -2.12. The van der Waals surface area contributed by atoms with Crippen molar-refractivity contribution in [3.8, 4) is 0 Å². The summed E-state index contributed by atoms with van der Waals surface area (Å²) in [7, 11) is 0. The first kappa shape index (κ1) is 16.5. The number of thioether (sulfide) groups is 1. The second-order valence-electron chi connectivity index (χ2n) is 4.32. The van der Waals surface area contributed by atoms with Crippen LogP contribution in [-0.2, 0) is 14.4 Å². The molecule has 0 aliphatic carbocycles. The van der Waals surface area contributed by atoms with Crippen molar-refractivity contribution in [3.63, 3.8) is 0 Å². The van der Waals surface area contributed by atoms with E-state index in [4.69, 9.17) is 0 Å². The maximum atomic E-state index is 11.4. The second kappa shape index (κ2) is 8.57. The van der Waals surface area contributed by atoms with Crippen LogP contribution in [0.15, 0.2) is 0 Å². The van der Waals surface area contributed by atoms with E-state index in [9.17, 15) is 19.2 Å². The monoisotopic (exact) mass is 301 g/mol. The van der Waals surface area contributed by atoms with E-state index in [2.05, 4.69) is 10.6 Å². The quantitative estimate of drug-likeness (QED) is 0.514. The van der Waals surface area contributed by atoms with Crippen molar-refractivity contribution in [1.82, 2.24) is 15.5 Å². The Morgan fingerprint density at radius 3 is 2.35 bits per heavy atom. The van der Waals surface area contributed by atoms with Crippen LogP contribution in [0, 0.1) is 0 Å². The third kappa shape index (κ3) is 5.20. The number of nitrogens with zero attached hydrogens (tertiary/aromatic N) is 1. The van der Waals surface area contributed by atoms with Crippen LogP contribution in [0.1, 0.15) is 26.2 Å². The summed E-state index contributed by atoms with van der Waals surface area (Å²) in [6.45, 7) is 2.70. The summed E-state index contributed by atoms with van der Waals surface area (Å²) in [6, 6.07) is 0. The summed E-state index contributed by atoms with van der Waals surface area (Å²) >= 11 is 0.940. The Labute approximate surface area is 121 Å². The third-order valence-electron chi connectivity index (χ3n) is 2.73. The lowest BCUT2D eigenvalue weighted by Crippen LogP contribution is -2.43. The van der Waals surface area contributed by atoms with Crippen LogP contribution in [0.25, 0.3) is 0 Å². The molecule has 7 nitrogen and oxygen atoms in total. The van der Waals surface area contributed by atoms with Crippen LogP contribution in [0.4, 0.5) is 4.79 Å². The van der Waals surface area contributed by atoms with Gasteiger partial charge in [0.1, 0.15) is 0 Å². The van der Waals surface area contributed by atoms with Gasteiger partial charge in [-0.3, -0.25) is 24.1 Å². The first-order chi connectivity index (χ1) is 9.56. The van der Waals surface area contributed by atoms with Gasteiger partial charge in [0.2, 0.25) is 5.91 Å². The smallest absolute Gasteiger partial charge is 0.309 e. The molecule has 0 aromatic heterocycles. The molecule has 4 amide bonds. The maximum Gasteiger partial charge on any atom is 0.309 e. The zero-order valence-electron chi connectivity index (χ0n) is 11.4. The van der Waals surface area contributed by atoms with Gasteiger partial charge >= 0.3 is 11.8 Å². The Balaban J connectivity index is 2.17. The van der Waals surface area contributed by atoms with Crippen LogP contribution in [0.3, 0.4) is 0 Å². The van der Waals surface area contributed by atoms with E-state index < -0.39 is 11.8 Å². The number of imide groups is 1. The van der Waals surface area contributed by atoms with Crippen LogP contribution in [-0.4, -0.2) is 53.2 Å². The van der Waals surface area contributed by atoms with Gasteiger partial charge in [-0.15, -0.1) is 0 Å². The van der Waals surface area contributed by atoms with Crippen LogP contribution in [0.5, 0.6) is 0 Å². The van der Waals surface area contributed by atoms with Crippen LogP contribution >= 0.6 is 11.8 Å². The van der Waals surface area contributed by atoms with Gasteiger partial charge in [-0.25, -0.2) is 0 Å². The van der Waals surface area contributed by atoms with E-state index in [1.165, 1.54) is 0 Å². The van der Waals surface area contributed by atoms with E-state index in [-0.39, 0.29) is 30.0 Å². The Morgan fingerprint density at radius 2 is 1.80 bits per heavy atom. The van der Waals surface area contributed by atoms with Crippen LogP contribution < -0.4 is 10.6 Å². The van der Waals surface area contributed by atoms with E-state index in [0.717, 1.165) is 35.9 Å². The van der Waals surface area contributed by atoms with Gasteiger partial charge in [-0.2, -0.15) is 0 Å². The highest BCUT2D eigenvalue weighted by Crippen LogP contribution is 2.17. The molecule has 0 aromatic rings. The predicted octanol–water partition coefficient (Wildman–Crippen LogP) is 0.104. The van der Waals surface area contributed by atoms with Crippen molar-refractivity contribution in [3.05, 3.63) is 0 Å². The summed E-state index contributed by atoms with van der Waals surface area (Å²) in [4.78, 5) is 46.5. The van der Waals surface area contributed by atoms with E-state index >= 15 is 0 Å². The number of hydrogen-bond acceptors (Lipinski definition) is 5. The van der Waals surface area contributed by atoms with Crippen molar-refractivity contribution in [2.24, 2.45) is 0 Å². The summed E-state index contributed by atoms with van der Waals surface area (Å²) in [6.07, 6.45) is 2.88. The molecule has 20 heavy (non-hydrogen) atoms. The Kier molecular flexibility index (Phi) is 7.06. The minimum absolute atomic E-state index is 0.0826. The van der Waals surface area contributed by atoms with Gasteiger partial charge in [0.15, 0.2) is 0 Å². The zero-order valence-corrected chi connectivity index (χ0v) is 12.3. The molecule has 1 aliphatic heterocycles. The SMILES string of the molecule is CCCCCNC(=O)C(=O)NCCN1C(=O)CSC1=O. The number of nitrogens with one attached hydrogen (secondary N) is 2. The first-order valence-electron chi connectivity index (χ1n) is 6.59. The van der Waals surface area contributed by atoms with Crippen molar-refractivity contribution in [2.75, 3.05) is 25.4 Å². The zero-order chi connectivity index (χ0) is 15.0. The molecule has 0 spiro atoms. The molecule has 0 radical (unpaired) electrons. The molecule has 2 N–H and O–H groups in total. The molecule has 0 unspecified atom stereocenters. The summed E-state index contributed by atoms with van der Waals surface area (Å²) in [5.41, 5.74) is 0. The summed E-state index contributed by atoms with van der Waals surface area (Å²) in [5.74, 6) is -1.55. The number of rotatable bonds is 7. The largest absolute Gasteiger partial charge is 0.348 e. The number of amides is 4. The molecule has 1 fully saturated rings.